The Bertz CT molecular complexity index is 653. The molecule has 0 fully saturated rings. The molecular weight excluding hydrogens is 336 g/mol. The average molecular weight is 354 g/mol. The van der Waals surface area contributed by atoms with Gasteiger partial charge in [0.15, 0.2) is 0 Å². The first-order valence-corrected chi connectivity index (χ1v) is 7.66. The van der Waals surface area contributed by atoms with Gasteiger partial charge in [-0.3, -0.25) is 0 Å². The molecule has 0 atom stereocenters. The van der Waals surface area contributed by atoms with Gasteiger partial charge in [-0.15, -0.1) is 0 Å². The van der Waals surface area contributed by atoms with E-state index in [0.29, 0.717) is 18.2 Å². The topological polar surface area (TPSA) is 12.0 Å². The van der Waals surface area contributed by atoms with Crippen molar-refractivity contribution in [2.24, 2.45) is 0 Å². The Morgan fingerprint density at radius 1 is 1.14 bits per heavy atom. The van der Waals surface area contributed by atoms with Crippen molar-refractivity contribution in [2.75, 3.05) is 0 Å². The van der Waals surface area contributed by atoms with Crippen molar-refractivity contribution >= 4 is 15.9 Å². The van der Waals surface area contributed by atoms with Crippen molar-refractivity contribution in [1.29, 1.82) is 0 Å². The summed E-state index contributed by atoms with van der Waals surface area (Å²) in [6.45, 7) is 6.55. The van der Waals surface area contributed by atoms with E-state index in [1.165, 1.54) is 12.1 Å². The molecule has 2 rings (SSSR count). The first kappa shape index (κ1) is 16.1. The lowest BCUT2D eigenvalue weighted by Gasteiger charge is -2.15. The molecule has 0 bridgehead atoms. The summed E-state index contributed by atoms with van der Waals surface area (Å²) < 4.78 is 28.8. The van der Waals surface area contributed by atoms with E-state index in [1.807, 2.05) is 39.0 Å². The van der Waals surface area contributed by atoms with Gasteiger partial charge in [0.05, 0.1) is 10.0 Å². The van der Waals surface area contributed by atoms with Crippen LogP contribution < -0.4 is 5.32 Å². The molecule has 2 aromatic rings. The van der Waals surface area contributed by atoms with Crippen LogP contribution >= 0.6 is 15.9 Å². The molecule has 0 spiro atoms. The molecule has 0 saturated heterocycles. The van der Waals surface area contributed by atoms with Gasteiger partial charge in [-0.2, -0.15) is 0 Å². The van der Waals surface area contributed by atoms with Gasteiger partial charge < -0.3 is 5.32 Å². The van der Waals surface area contributed by atoms with Gasteiger partial charge in [-0.1, -0.05) is 37.6 Å². The molecule has 0 aliphatic carbocycles. The highest BCUT2D eigenvalue weighted by atomic mass is 79.9. The lowest BCUT2D eigenvalue weighted by atomic mass is 9.96. The number of halogens is 3. The van der Waals surface area contributed by atoms with E-state index in [9.17, 15) is 8.78 Å². The zero-order chi connectivity index (χ0) is 15.6. The Kier molecular flexibility index (Phi) is 5.12. The second kappa shape index (κ2) is 6.67. The fraction of sp³-hybridized carbons (Fsp3) is 0.294. The van der Waals surface area contributed by atoms with Gasteiger partial charge in [0, 0.05) is 12.6 Å². The molecule has 1 nitrogen and oxygen atoms in total. The number of benzene rings is 2. The zero-order valence-electron chi connectivity index (χ0n) is 12.3. The monoisotopic (exact) mass is 353 g/mol. The summed E-state index contributed by atoms with van der Waals surface area (Å²) in [5.41, 5.74) is 2.47. The second-order valence-corrected chi connectivity index (χ2v) is 6.27. The number of nitrogens with one attached hydrogen (secondary N) is 1. The maximum absolute atomic E-state index is 14.4. The average Bonchev–Trinajstić information content (AvgIpc) is 2.42. The highest BCUT2D eigenvalue weighted by Gasteiger charge is 2.17. The standard InChI is InChI=1S/C17H18BrF2N/c1-10(2)21-9-12-5-4-11(3)8-13(12)16-15(19)7-6-14(18)17(16)20/h4-8,10,21H,9H2,1-3H3. The molecule has 0 heterocycles. The van der Waals surface area contributed by atoms with Crippen LogP contribution in [0.2, 0.25) is 0 Å². The molecule has 21 heavy (non-hydrogen) atoms. The second-order valence-electron chi connectivity index (χ2n) is 5.41. The SMILES string of the molecule is Cc1ccc(CNC(C)C)c(-c2c(F)ccc(Br)c2F)c1. The van der Waals surface area contributed by atoms with Crippen LogP contribution in [0.3, 0.4) is 0 Å². The van der Waals surface area contributed by atoms with Crippen molar-refractivity contribution in [3.63, 3.8) is 0 Å². The van der Waals surface area contributed by atoms with E-state index in [0.717, 1.165) is 11.1 Å². The molecule has 0 saturated carbocycles. The van der Waals surface area contributed by atoms with Gasteiger partial charge in [-0.25, -0.2) is 8.78 Å². The minimum absolute atomic E-state index is 0.0219. The van der Waals surface area contributed by atoms with E-state index in [4.69, 9.17) is 0 Å². The molecule has 0 amide bonds. The Morgan fingerprint density at radius 2 is 1.86 bits per heavy atom. The van der Waals surface area contributed by atoms with Crippen LogP contribution in [-0.2, 0) is 6.54 Å². The van der Waals surface area contributed by atoms with E-state index < -0.39 is 11.6 Å². The van der Waals surface area contributed by atoms with E-state index in [-0.39, 0.29) is 10.0 Å². The van der Waals surface area contributed by atoms with Crippen LogP contribution in [0.4, 0.5) is 8.78 Å². The minimum Gasteiger partial charge on any atom is -0.310 e. The molecule has 112 valence electrons. The summed E-state index contributed by atoms with van der Waals surface area (Å²) in [6.07, 6.45) is 0. The molecule has 0 aliphatic heterocycles. The normalized spacial score (nSPS) is 11.2. The summed E-state index contributed by atoms with van der Waals surface area (Å²) >= 11 is 3.13. The molecule has 1 N–H and O–H groups in total. The highest BCUT2D eigenvalue weighted by molar-refractivity contribution is 9.10. The van der Waals surface area contributed by atoms with Crippen molar-refractivity contribution in [3.05, 3.63) is 57.6 Å². The van der Waals surface area contributed by atoms with Crippen molar-refractivity contribution < 1.29 is 8.78 Å². The zero-order valence-corrected chi connectivity index (χ0v) is 13.9. The molecule has 4 heteroatoms. The predicted molar refractivity (Wildman–Crippen MR) is 86.2 cm³/mol. The summed E-state index contributed by atoms with van der Waals surface area (Å²) in [5.74, 6) is -1.11. The summed E-state index contributed by atoms with van der Waals surface area (Å²) in [5, 5.41) is 3.29. The smallest absolute Gasteiger partial charge is 0.148 e. The first-order chi connectivity index (χ1) is 9.90. The van der Waals surface area contributed by atoms with Crippen molar-refractivity contribution in [2.45, 2.75) is 33.4 Å². The Labute approximate surface area is 132 Å². The van der Waals surface area contributed by atoms with Crippen LogP contribution in [0.5, 0.6) is 0 Å². The summed E-state index contributed by atoms with van der Waals surface area (Å²) in [7, 11) is 0. The van der Waals surface area contributed by atoms with Gasteiger partial charge in [0.2, 0.25) is 0 Å². The van der Waals surface area contributed by atoms with Gasteiger partial charge in [0.25, 0.3) is 0 Å². The molecule has 0 aromatic heterocycles. The lowest BCUT2D eigenvalue weighted by Crippen LogP contribution is -2.22. The fourth-order valence-corrected chi connectivity index (χ4v) is 2.50. The first-order valence-electron chi connectivity index (χ1n) is 6.87. The number of hydrogen-bond donors (Lipinski definition) is 1. The maximum atomic E-state index is 14.4. The van der Waals surface area contributed by atoms with E-state index >= 15 is 0 Å². The molecule has 0 radical (unpaired) electrons. The van der Waals surface area contributed by atoms with Crippen LogP contribution in [0, 0.1) is 18.6 Å². The lowest BCUT2D eigenvalue weighted by molar-refractivity contribution is 0.579. The predicted octanol–water partition coefficient (Wildman–Crippen LogP) is 5.20. The molecule has 0 aliphatic rings. The van der Waals surface area contributed by atoms with Crippen molar-refractivity contribution in [1.82, 2.24) is 5.32 Å². The van der Waals surface area contributed by atoms with Crippen LogP contribution in [0.25, 0.3) is 11.1 Å². The van der Waals surface area contributed by atoms with E-state index in [2.05, 4.69) is 21.2 Å². The maximum Gasteiger partial charge on any atom is 0.148 e. The number of aryl methyl sites for hydroxylation is 1. The quantitative estimate of drug-likeness (QED) is 0.744. The van der Waals surface area contributed by atoms with Crippen LogP contribution in [0.15, 0.2) is 34.8 Å². The van der Waals surface area contributed by atoms with E-state index in [1.54, 1.807) is 0 Å². The largest absolute Gasteiger partial charge is 0.310 e. The molecule has 0 unspecified atom stereocenters. The van der Waals surface area contributed by atoms with Gasteiger partial charge in [-0.05, 0) is 46.1 Å². The molecular formula is C17H18BrF2N. The Morgan fingerprint density at radius 3 is 2.52 bits per heavy atom. The van der Waals surface area contributed by atoms with Crippen LogP contribution in [-0.4, -0.2) is 6.04 Å². The van der Waals surface area contributed by atoms with Crippen molar-refractivity contribution in [3.8, 4) is 11.1 Å². The molecule has 2 aromatic carbocycles. The number of hydrogen-bond acceptors (Lipinski definition) is 1. The van der Waals surface area contributed by atoms with Gasteiger partial charge in [0.1, 0.15) is 11.6 Å². The van der Waals surface area contributed by atoms with Gasteiger partial charge >= 0.3 is 0 Å². The summed E-state index contributed by atoms with van der Waals surface area (Å²) in [6, 6.07) is 8.66. The van der Waals surface area contributed by atoms with Crippen LogP contribution in [0.1, 0.15) is 25.0 Å². The minimum atomic E-state index is -0.564. The third kappa shape index (κ3) is 3.69. The third-order valence-corrected chi connectivity index (χ3v) is 3.89. The third-order valence-electron chi connectivity index (χ3n) is 3.28. The Hall–Kier alpha value is -1.26. The number of rotatable bonds is 4. The summed E-state index contributed by atoms with van der Waals surface area (Å²) in [4.78, 5) is 0. The highest BCUT2D eigenvalue weighted by Crippen LogP contribution is 2.33. The Balaban J connectivity index is 2.57. The fourth-order valence-electron chi connectivity index (χ4n) is 2.17.